The first-order valence-corrected chi connectivity index (χ1v) is 13.1. The van der Waals surface area contributed by atoms with Gasteiger partial charge in [0.25, 0.3) is 0 Å². The van der Waals surface area contributed by atoms with Crippen LogP contribution in [0.4, 0.5) is 5.69 Å². The summed E-state index contributed by atoms with van der Waals surface area (Å²) in [5.74, 6) is 0.951. The molecule has 32 heavy (non-hydrogen) atoms. The number of hydrogen-bond acceptors (Lipinski definition) is 2. The number of aliphatic imine (C=N–C) groups is 1. The molecular weight excluding hydrogens is 390 g/mol. The second kappa shape index (κ2) is 17.5. The minimum absolute atomic E-state index is 0.814. The van der Waals surface area contributed by atoms with E-state index in [2.05, 4.69) is 43.1 Å². The van der Waals surface area contributed by atoms with Crippen molar-refractivity contribution in [3.05, 3.63) is 59.7 Å². The van der Waals surface area contributed by atoms with E-state index in [9.17, 15) is 0 Å². The van der Waals surface area contributed by atoms with Crippen molar-refractivity contribution in [3.8, 4) is 5.75 Å². The van der Waals surface area contributed by atoms with Gasteiger partial charge in [-0.1, -0.05) is 108 Å². The van der Waals surface area contributed by atoms with Gasteiger partial charge in [-0.2, -0.15) is 0 Å². The molecule has 0 aromatic heterocycles. The van der Waals surface area contributed by atoms with Crippen LogP contribution in [0.3, 0.4) is 0 Å². The van der Waals surface area contributed by atoms with Crippen LogP contribution in [-0.2, 0) is 0 Å². The molecule has 0 unspecified atom stereocenters. The molecule has 0 atom stereocenters. The average Bonchev–Trinajstić information content (AvgIpc) is 2.82. The maximum absolute atomic E-state index is 5.90. The number of aryl methyl sites for hydroxylation is 1. The molecule has 0 aliphatic carbocycles. The molecule has 176 valence electrons. The fourth-order valence-corrected chi connectivity index (χ4v) is 3.92. The Hall–Kier alpha value is -2.09. The summed E-state index contributed by atoms with van der Waals surface area (Å²) in [5.41, 5.74) is 3.33. The van der Waals surface area contributed by atoms with Gasteiger partial charge in [0.05, 0.1) is 12.3 Å². The van der Waals surface area contributed by atoms with E-state index in [1.54, 1.807) is 0 Å². The van der Waals surface area contributed by atoms with Crippen molar-refractivity contribution in [2.24, 2.45) is 4.99 Å². The van der Waals surface area contributed by atoms with E-state index >= 15 is 0 Å². The molecule has 0 amide bonds. The van der Waals surface area contributed by atoms with Crippen LogP contribution in [0, 0.1) is 6.92 Å². The Morgan fingerprint density at radius 1 is 0.625 bits per heavy atom. The molecule has 0 saturated carbocycles. The Morgan fingerprint density at radius 2 is 1.12 bits per heavy atom. The number of benzene rings is 2. The van der Waals surface area contributed by atoms with E-state index < -0.39 is 0 Å². The Labute approximate surface area is 197 Å². The average molecular weight is 436 g/mol. The summed E-state index contributed by atoms with van der Waals surface area (Å²) in [6.07, 6.45) is 21.3. The molecule has 0 fully saturated rings. The Morgan fingerprint density at radius 3 is 1.66 bits per heavy atom. The van der Waals surface area contributed by atoms with Gasteiger partial charge in [0.15, 0.2) is 0 Å². The van der Waals surface area contributed by atoms with Crippen molar-refractivity contribution in [3.63, 3.8) is 0 Å². The molecule has 2 heteroatoms. The van der Waals surface area contributed by atoms with E-state index in [1.807, 2.05) is 30.5 Å². The van der Waals surface area contributed by atoms with Crippen LogP contribution < -0.4 is 4.74 Å². The molecule has 2 aromatic carbocycles. The largest absolute Gasteiger partial charge is 0.494 e. The van der Waals surface area contributed by atoms with Crippen LogP contribution in [0.1, 0.15) is 108 Å². The molecule has 0 spiro atoms. The quantitative estimate of drug-likeness (QED) is 0.169. The normalized spacial score (nSPS) is 11.3. The summed E-state index contributed by atoms with van der Waals surface area (Å²) in [4.78, 5) is 4.53. The zero-order chi connectivity index (χ0) is 22.7. The third kappa shape index (κ3) is 12.7. The van der Waals surface area contributed by atoms with Crippen molar-refractivity contribution in [1.29, 1.82) is 0 Å². The first-order chi connectivity index (χ1) is 15.8. The molecule has 0 N–H and O–H groups in total. The zero-order valence-electron chi connectivity index (χ0n) is 20.7. The summed E-state index contributed by atoms with van der Waals surface area (Å²) >= 11 is 0. The second-order valence-electron chi connectivity index (χ2n) is 9.11. The summed E-state index contributed by atoms with van der Waals surface area (Å²) < 4.78 is 5.90. The monoisotopic (exact) mass is 435 g/mol. The molecule has 0 saturated heterocycles. The fraction of sp³-hybridized carbons (Fsp3) is 0.567. The van der Waals surface area contributed by atoms with Gasteiger partial charge < -0.3 is 4.74 Å². The van der Waals surface area contributed by atoms with Crippen LogP contribution in [-0.4, -0.2) is 12.8 Å². The first-order valence-electron chi connectivity index (χ1n) is 13.1. The van der Waals surface area contributed by atoms with Gasteiger partial charge in [-0.05, 0) is 55.3 Å². The summed E-state index contributed by atoms with van der Waals surface area (Å²) in [6, 6.07) is 16.5. The topological polar surface area (TPSA) is 21.6 Å². The molecule has 0 aliphatic heterocycles. The van der Waals surface area contributed by atoms with Gasteiger partial charge in [-0.25, -0.2) is 0 Å². The molecule has 2 rings (SSSR count). The smallest absolute Gasteiger partial charge is 0.119 e. The van der Waals surface area contributed by atoms with Gasteiger partial charge in [-0.3, -0.25) is 4.99 Å². The predicted octanol–water partition coefficient (Wildman–Crippen LogP) is 9.61. The van der Waals surface area contributed by atoms with Gasteiger partial charge in [-0.15, -0.1) is 0 Å². The molecular formula is C30H45NO. The Balaban J connectivity index is 1.43. The lowest BCUT2D eigenvalue weighted by Gasteiger charge is -2.06. The second-order valence-corrected chi connectivity index (χ2v) is 9.11. The summed E-state index contributed by atoms with van der Waals surface area (Å²) in [7, 11) is 0. The molecule has 0 aliphatic rings. The van der Waals surface area contributed by atoms with Crippen LogP contribution in [0.5, 0.6) is 5.75 Å². The lowest BCUT2D eigenvalue weighted by atomic mass is 10.0. The molecule has 0 radical (unpaired) electrons. The molecule has 2 aromatic rings. The van der Waals surface area contributed by atoms with Gasteiger partial charge in [0, 0.05) is 6.21 Å². The van der Waals surface area contributed by atoms with Gasteiger partial charge in [0.2, 0.25) is 0 Å². The first kappa shape index (κ1) is 26.2. The van der Waals surface area contributed by atoms with E-state index in [1.165, 1.54) is 89.0 Å². The summed E-state index contributed by atoms with van der Waals surface area (Å²) in [6.45, 7) is 5.19. The highest BCUT2D eigenvalue weighted by atomic mass is 16.5. The van der Waals surface area contributed by atoms with Crippen molar-refractivity contribution in [2.75, 3.05) is 6.61 Å². The van der Waals surface area contributed by atoms with Crippen molar-refractivity contribution in [2.45, 2.75) is 104 Å². The molecule has 0 heterocycles. The third-order valence-electron chi connectivity index (χ3n) is 6.04. The van der Waals surface area contributed by atoms with Crippen LogP contribution >= 0.6 is 0 Å². The lowest BCUT2D eigenvalue weighted by Crippen LogP contribution is -1.97. The standard InChI is InChI=1S/C30H45NO/c1-3-4-5-6-7-8-9-10-11-12-13-14-15-16-25-32-30-23-19-28(20-24-30)26-31-29-21-17-27(2)18-22-29/h17-24,26H,3-16,25H2,1-2H3. The maximum Gasteiger partial charge on any atom is 0.119 e. The predicted molar refractivity (Wildman–Crippen MR) is 141 cm³/mol. The van der Waals surface area contributed by atoms with E-state index in [0.29, 0.717) is 0 Å². The maximum atomic E-state index is 5.90. The highest BCUT2D eigenvalue weighted by Crippen LogP contribution is 2.16. The van der Waals surface area contributed by atoms with Crippen LogP contribution in [0.2, 0.25) is 0 Å². The Bertz CT molecular complexity index is 718. The molecule has 2 nitrogen and oxygen atoms in total. The van der Waals surface area contributed by atoms with Crippen molar-refractivity contribution in [1.82, 2.24) is 0 Å². The number of nitrogens with zero attached hydrogens (tertiary/aromatic N) is 1. The Kier molecular flexibility index (Phi) is 14.3. The van der Waals surface area contributed by atoms with Gasteiger partial charge >= 0.3 is 0 Å². The fourth-order valence-electron chi connectivity index (χ4n) is 3.92. The number of hydrogen-bond donors (Lipinski definition) is 0. The third-order valence-corrected chi connectivity index (χ3v) is 6.04. The SMILES string of the molecule is CCCCCCCCCCCCCCCCOc1ccc(C=Nc2ccc(C)cc2)cc1. The minimum atomic E-state index is 0.814. The van der Waals surface area contributed by atoms with Gasteiger partial charge in [0.1, 0.15) is 5.75 Å². The van der Waals surface area contributed by atoms with Crippen molar-refractivity contribution >= 4 is 11.9 Å². The summed E-state index contributed by atoms with van der Waals surface area (Å²) in [5, 5.41) is 0. The van der Waals surface area contributed by atoms with E-state index in [-0.39, 0.29) is 0 Å². The number of rotatable bonds is 18. The lowest BCUT2D eigenvalue weighted by molar-refractivity contribution is 0.304. The zero-order valence-corrected chi connectivity index (χ0v) is 20.7. The van der Waals surface area contributed by atoms with E-state index in [0.717, 1.165) is 30.0 Å². The molecule has 0 bridgehead atoms. The van der Waals surface area contributed by atoms with E-state index in [4.69, 9.17) is 4.74 Å². The number of unbranched alkanes of at least 4 members (excludes halogenated alkanes) is 13. The minimum Gasteiger partial charge on any atom is -0.494 e. The highest BCUT2D eigenvalue weighted by molar-refractivity contribution is 5.82. The highest BCUT2D eigenvalue weighted by Gasteiger charge is 1.97. The van der Waals surface area contributed by atoms with Crippen LogP contribution in [0.15, 0.2) is 53.5 Å². The number of ether oxygens (including phenoxy) is 1. The van der Waals surface area contributed by atoms with Crippen molar-refractivity contribution < 1.29 is 4.74 Å². The van der Waals surface area contributed by atoms with Crippen LogP contribution in [0.25, 0.3) is 0 Å².